The van der Waals surface area contributed by atoms with Crippen LogP contribution in [0, 0.1) is 12.7 Å². The maximum absolute atomic E-state index is 12.7. The van der Waals surface area contributed by atoms with Crippen molar-refractivity contribution < 1.29 is 9.18 Å². The number of H-pyrrole nitrogens is 1. The molecule has 0 aliphatic heterocycles. The number of aryl methyl sites for hydroxylation is 1. The molecule has 0 bridgehead atoms. The van der Waals surface area contributed by atoms with Gasteiger partial charge in [0.1, 0.15) is 17.3 Å². The lowest BCUT2D eigenvalue weighted by Gasteiger charge is -1.95. The van der Waals surface area contributed by atoms with Gasteiger partial charge in [-0.05, 0) is 31.2 Å². The second-order valence-corrected chi connectivity index (χ2v) is 3.62. The Kier molecular flexibility index (Phi) is 2.56. The molecule has 0 spiro atoms. The average Bonchev–Trinajstić information content (AvgIpc) is 2.61. The fourth-order valence-electron chi connectivity index (χ4n) is 1.55. The number of ketones is 1. The summed E-state index contributed by atoms with van der Waals surface area (Å²) in [5.41, 5.74) is 1.92. The van der Waals surface area contributed by atoms with Crippen molar-refractivity contribution in [2.24, 2.45) is 0 Å². The van der Waals surface area contributed by atoms with Crippen molar-refractivity contribution in [1.29, 1.82) is 0 Å². The molecule has 1 aromatic heterocycles. The number of hydrogen-bond donors (Lipinski definition) is 1. The Morgan fingerprint density at radius 3 is 2.44 bits per heavy atom. The van der Waals surface area contributed by atoms with Crippen LogP contribution in [0.4, 0.5) is 4.39 Å². The summed E-state index contributed by atoms with van der Waals surface area (Å²) in [7, 11) is 0. The van der Waals surface area contributed by atoms with Gasteiger partial charge in [-0.3, -0.25) is 4.79 Å². The van der Waals surface area contributed by atoms with E-state index in [9.17, 15) is 9.18 Å². The molecule has 0 atom stereocenters. The van der Waals surface area contributed by atoms with Crippen LogP contribution >= 0.6 is 0 Å². The largest absolute Gasteiger partial charge is 0.341 e. The first kappa shape index (κ1) is 10.5. The van der Waals surface area contributed by atoms with Gasteiger partial charge in [-0.2, -0.15) is 0 Å². The van der Waals surface area contributed by atoms with Gasteiger partial charge in [-0.15, -0.1) is 0 Å². The van der Waals surface area contributed by atoms with Crippen LogP contribution in [-0.2, 0) is 0 Å². The summed E-state index contributed by atoms with van der Waals surface area (Å²) in [4.78, 5) is 18.4. The summed E-state index contributed by atoms with van der Waals surface area (Å²) in [6.45, 7) is 3.26. The molecule has 0 saturated heterocycles. The van der Waals surface area contributed by atoms with Gasteiger partial charge in [0.2, 0.25) is 0 Å². The number of rotatable bonds is 2. The normalized spacial score (nSPS) is 10.4. The minimum atomic E-state index is -0.293. The van der Waals surface area contributed by atoms with Crippen LogP contribution < -0.4 is 0 Å². The molecule has 0 unspecified atom stereocenters. The summed E-state index contributed by atoms with van der Waals surface area (Å²) in [6.07, 6.45) is 0. The van der Waals surface area contributed by atoms with Crippen molar-refractivity contribution in [3.8, 4) is 11.4 Å². The van der Waals surface area contributed by atoms with Crippen LogP contribution in [0.3, 0.4) is 0 Å². The van der Waals surface area contributed by atoms with Gasteiger partial charge in [0.15, 0.2) is 5.78 Å². The second-order valence-electron chi connectivity index (χ2n) is 3.62. The molecule has 1 N–H and O–H groups in total. The van der Waals surface area contributed by atoms with E-state index in [2.05, 4.69) is 9.97 Å². The van der Waals surface area contributed by atoms with Crippen molar-refractivity contribution in [1.82, 2.24) is 9.97 Å². The standard InChI is InChI=1S/C12H11FN2O/c1-7-11(8(2)16)15-12(14-7)9-3-5-10(13)6-4-9/h3-6H,1-2H3,(H,14,15). The van der Waals surface area contributed by atoms with Gasteiger partial charge >= 0.3 is 0 Å². The number of Topliss-reactive ketones (excluding diaryl/α,β-unsaturated/α-hetero) is 1. The first-order chi connectivity index (χ1) is 7.58. The van der Waals surface area contributed by atoms with E-state index in [0.717, 1.165) is 11.3 Å². The zero-order valence-electron chi connectivity index (χ0n) is 9.04. The van der Waals surface area contributed by atoms with E-state index in [0.29, 0.717) is 11.5 Å². The molecule has 3 nitrogen and oxygen atoms in total. The van der Waals surface area contributed by atoms with E-state index in [1.165, 1.54) is 19.1 Å². The van der Waals surface area contributed by atoms with E-state index in [1.807, 2.05) is 0 Å². The maximum Gasteiger partial charge on any atom is 0.179 e. The highest BCUT2D eigenvalue weighted by Gasteiger charge is 2.11. The molecular weight excluding hydrogens is 207 g/mol. The molecule has 0 aliphatic carbocycles. The lowest BCUT2D eigenvalue weighted by Crippen LogP contribution is -1.94. The molecule has 0 fully saturated rings. The Morgan fingerprint density at radius 1 is 1.31 bits per heavy atom. The van der Waals surface area contributed by atoms with Crippen molar-refractivity contribution in [3.63, 3.8) is 0 Å². The predicted octanol–water partition coefficient (Wildman–Crippen LogP) is 2.73. The average molecular weight is 218 g/mol. The molecule has 2 aromatic rings. The van der Waals surface area contributed by atoms with Crippen molar-refractivity contribution in [2.45, 2.75) is 13.8 Å². The molecule has 1 aromatic carbocycles. The number of halogens is 1. The fourth-order valence-corrected chi connectivity index (χ4v) is 1.55. The zero-order valence-corrected chi connectivity index (χ0v) is 9.04. The third-order valence-electron chi connectivity index (χ3n) is 2.34. The third-order valence-corrected chi connectivity index (χ3v) is 2.34. The van der Waals surface area contributed by atoms with E-state index < -0.39 is 0 Å². The summed E-state index contributed by atoms with van der Waals surface area (Å²) in [5.74, 6) is 0.212. The summed E-state index contributed by atoms with van der Waals surface area (Å²) in [5, 5.41) is 0. The minimum absolute atomic E-state index is 0.0814. The highest BCUT2D eigenvalue weighted by atomic mass is 19.1. The Bertz CT molecular complexity index is 528. The molecule has 2 rings (SSSR count). The van der Waals surface area contributed by atoms with Gasteiger partial charge in [0, 0.05) is 18.2 Å². The summed E-state index contributed by atoms with van der Waals surface area (Å²) in [6, 6.07) is 5.97. The lowest BCUT2D eigenvalue weighted by atomic mass is 10.2. The second kappa shape index (κ2) is 3.89. The van der Waals surface area contributed by atoms with Gasteiger partial charge in [-0.25, -0.2) is 9.37 Å². The Balaban J connectivity index is 2.45. The van der Waals surface area contributed by atoms with Crippen molar-refractivity contribution in [2.75, 3.05) is 0 Å². The molecule has 0 saturated carbocycles. The Hall–Kier alpha value is -1.97. The van der Waals surface area contributed by atoms with E-state index >= 15 is 0 Å². The molecule has 82 valence electrons. The molecule has 0 amide bonds. The first-order valence-electron chi connectivity index (χ1n) is 4.91. The van der Waals surface area contributed by atoms with Crippen LogP contribution in [0.1, 0.15) is 23.1 Å². The molecule has 4 heteroatoms. The third kappa shape index (κ3) is 1.86. The molecule has 1 heterocycles. The molecule has 0 radical (unpaired) electrons. The number of imidazole rings is 1. The Morgan fingerprint density at radius 2 is 1.94 bits per heavy atom. The van der Waals surface area contributed by atoms with Gasteiger partial charge in [-0.1, -0.05) is 0 Å². The fraction of sp³-hybridized carbons (Fsp3) is 0.167. The number of nitrogens with zero attached hydrogens (tertiary/aromatic N) is 1. The van der Waals surface area contributed by atoms with Crippen LogP contribution in [-0.4, -0.2) is 15.8 Å². The van der Waals surface area contributed by atoms with Crippen molar-refractivity contribution in [3.05, 3.63) is 41.5 Å². The first-order valence-corrected chi connectivity index (χ1v) is 4.91. The van der Waals surface area contributed by atoms with Crippen molar-refractivity contribution >= 4 is 5.78 Å². The topological polar surface area (TPSA) is 45.8 Å². The molecule has 16 heavy (non-hydrogen) atoms. The van der Waals surface area contributed by atoms with Crippen LogP contribution in [0.15, 0.2) is 24.3 Å². The summed E-state index contributed by atoms with van der Waals surface area (Å²) < 4.78 is 12.7. The van der Waals surface area contributed by atoms with E-state index in [-0.39, 0.29) is 11.6 Å². The number of carbonyl (C=O) groups excluding carboxylic acids is 1. The lowest BCUT2D eigenvalue weighted by molar-refractivity contribution is 0.101. The minimum Gasteiger partial charge on any atom is -0.341 e. The van der Waals surface area contributed by atoms with Crippen LogP contribution in [0.5, 0.6) is 0 Å². The number of aromatic amines is 1. The van der Waals surface area contributed by atoms with Gasteiger partial charge < -0.3 is 4.98 Å². The van der Waals surface area contributed by atoms with E-state index in [1.54, 1.807) is 19.1 Å². The SMILES string of the molecule is CC(=O)c1nc(-c2ccc(F)cc2)[nH]c1C. The van der Waals surface area contributed by atoms with Crippen LogP contribution in [0.25, 0.3) is 11.4 Å². The predicted molar refractivity (Wildman–Crippen MR) is 58.7 cm³/mol. The number of nitrogens with one attached hydrogen (secondary N) is 1. The number of carbonyl (C=O) groups is 1. The Labute approximate surface area is 92.3 Å². The van der Waals surface area contributed by atoms with E-state index in [4.69, 9.17) is 0 Å². The maximum atomic E-state index is 12.7. The zero-order chi connectivity index (χ0) is 11.7. The monoisotopic (exact) mass is 218 g/mol. The highest BCUT2D eigenvalue weighted by Crippen LogP contribution is 2.18. The molecule has 0 aliphatic rings. The highest BCUT2D eigenvalue weighted by molar-refractivity contribution is 5.93. The molecular formula is C12H11FN2O. The van der Waals surface area contributed by atoms with Crippen LogP contribution in [0.2, 0.25) is 0 Å². The summed E-state index contributed by atoms with van der Waals surface area (Å²) >= 11 is 0. The van der Waals surface area contributed by atoms with Gasteiger partial charge in [0.25, 0.3) is 0 Å². The number of benzene rings is 1. The number of aromatic nitrogens is 2. The number of hydrogen-bond acceptors (Lipinski definition) is 2. The van der Waals surface area contributed by atoms with Gasteiger partial charge in [0.05, 0.1) is 0 Å². The smallest absolute Gasteiger partial charge is 0.179 e. The quantitative estimate of drug-likeness (QED) is 0.788.